The Bertz CT molecular complexity index is 834. The average Bonchev–Trinajstić information content (AvgIpc) is 2.78. The first-order chi connectivity index (χ1) is 14.5. The zero-order valence-corrected chi connectivity index (χ0v) is 17.7. The molecule has 2 aromatic carbocycles. The van der Waals surface area contributed by atoms with E-state index < -0.39 is 0 Å². The molecule has 160 valence electrons. The molecule has 1 aliphatic heterocycles. The van der Waals surface area contributed by atoms with Crippen molar-refractivity contribution in [3.8, 4) is 5.75 Å². The van der Waals surface area contributed by atoms with Crippen LogP contribution in [0.25, 0.3) is 0 Å². The number of anilines is 1. The maximum absolute atomic E-state index is 12.3. The molecule has 3 amide bonds. The Kier molecular flexibility index (Phi) is 7.79. The summed E-state index contributed by atoms with van der Waals surface area (Å²) in [5, 5.41) is 5.86. The third kappa shape index (κ3) is 6.56. The van der Waals surface area contributed by atoms with Gasteiger partial charge in [0.1, 0.15) is 12.4 Å². The molecule has 3 rings (SSSR count). The van der Waals surface area contributed by atoms with Gasteiger partial charge in [-0.15, -0.1) is 0 Å². The maximum atomic E-state index is 12.3. The highest BCUT2D eigenvalue weighted by Crippen LogP contribution is 2.21. The number of nitrogens with one attached hydrogen (secondary N) is 2. The van der Waals surface area contributed by atoms with Crippen molar-refractivity contribution in [3.05, 3.63) is 59.1 Å². The van der Waals surface area contributed by atoms with Crippen LogP contribution in [-0.4, -0.2) is 43.8 Å². The van der Waals surface area contributed by atoms with E-state index in [2.05, 4.69) is 10.6 Å². The number of hydrogen-bond acceptors (Lipinski definition) is 4. The van der Waals surface area contributed by atoms with E-state index in [1.165, 1.54) is 0 Å². The van der Waals surface area contributed by atoms with E-state index in [9.17, 15) is 9.59 Å². The highest BCUT2D eigenvalue weighted by Gasteiger charge is 2.24. The molecule has 0 radical (unpaired) electrons. The van der Waals surface area contributed by atoms with Crippen LogP contribution in [0, 0.1) is 5.92 Å². The third-order valence-electron chi connectivity index (χ3n) is 4.97. The standard InChI is InChI=1S/C22H26ClN3O4/c1-24-21(27)25-19-6-8-20(9-7-19)29-14-17-10-12-26(13-11-17)22(28)30-15-16-2-4-18(23)5-3-16/h2-9,17H,10-15H2,1H3,(H2,24,25,27). The minimum atomic E-state index is -0.288. The molecule has 0 spiro atoms. The van der Waals surface area contributed by atoms with Gasteiger partial charge in [-0.1, -0.05) is 23.7 Å². The van der Waals surface area contributed by atoms with Gasteiger partial charge in [0.15, 0.2) is 0 Å². The van der Waals surface area contributed by atoms with E-state index in [1.807, 2.05) is 24.3 Å². The van der Waals surface area contributed by atoms with Crippen molar-refractivity contribution in [2.75, 3.05) is 32.1 Å². The first-order valence-corrected chi connectivity index (χ1v) is 10.3. The third-order valence-corrected chi connectivity index (χ3v) is 5.23. The number of urea groups is 1. The molecule has 0 aliphatic carbocycles. The summed E-state index contributed by atoms with van der Waals surface area (Å²) in [6.07, 6.45) is 1.45. The summed E-state index contributed by atoms with van der Waals surface area (Å²) in [5.74, 6) is 1.14. The summed E-state index contributed by atoms with van der Waals surface area (Å²) in [4.78, 5) is 25.3. The number of likely N-dealkylation sites (tertiary alicyclic amines) is 1. The first-order valence-electron chi connectivity index (χ1n) is 9.91. The van der Waals surface area contributed by atoms with Crippen molar-refractivity contribution in [1.82, 2.24) is 10.2 Å². The van der Waals surface area contributed by atoms with Gasteiger partial charge in [0.05, 0.1) is 6.61 Å². The van der Waals surface area contributed by atoms with Gasteiger partial charge in [-0.25, -0.2) is 9.59 Å². The number of ether oxygens (including phenoxy) is 2. The molecular weight excluding hydrogens is 406 g/mol. The van der Waals surface area contributed by atoms with Crippen LogP contribution in [0.4, 0.5) is 15.3 Å². The average molecular weight is 432 g/mol. The lowest BCUT2D eigenvalue weighted by atomic mass is 9.98. The van der Waals surface area contributed by atoms with Crippen LogP contribution in [0.15, 0.2) is 48.5 Å². The molecule has 1 saturated heterocycles. The van der Waals surface area contributed by atoms with E-state index in [0.29, 0.717) is 36.3 Å². The molecule has 8 heteroatoms. The molecule has 0 atom stereocenters. The quantitative estimate of drug-likeness (QED) is 0.704. The number of rotatable bonds is 6. The second kappa shape index (κ2) is 10.7. The Morgan fingerprint density at radius 1 is 1.07 bits per heavy atom. The summed E-state index contributed by atoms with van der Waals surface area (Å²) in [6.45, 7) is 2.14. The molecule has 1 fully saturated rings. The van der Waals surface area contributed by atoms with Crippen LogP contribution in [0.5, 0.6) is 5.75 Å². The fourth-order valence-electron chi connectivity index (χ4n) is 3.14. The number of amides is 3. The van der Waals surface area contributed by atoms with Crippen molar-refractivity contribution >= 4 is 29.4 Å². The van der Waals surface area contributed by atoms with Gasteiger partial charge in [0.2, 0.25) is 0 Å². The van der Waals surface area contributed by atoms with Crippen LogP contribution in [-0.2, 0) is 11.3 Å². The number of carbonyl (C=O) groups excluding carboxylic acids is 2. The second-order valence-electron chi connectivity index (χ2n) is 7.15. The van der Waals surface area contributed by atoms with Crippen LogP contribution in [0.2, 0.25) is 5.02 Å². The van der Waals surface area contributed by atoms with E-state index in [0.717, 1.165) is 24.2 Å². The summed E-state index contributed by atoms with van der Waals surface area (Å²) >= 11 is 5.86. The van der Waals surface area contributed by atoms with Gasteiger partial charge in [0, 0.05) is 30.8 Å². The van der Waals surface area contributed by atoms with Crippen molar-refractivity contribution < 1.29 is 19.1 Å². The number of nitrogens with zero attached hydrogens (tertiary/aromatic N) is 1. The molecule has 30 heavy (non-hydrogen) atoms. The predicted molar refractivity (Wildman–Crippen MR) is 116 cm³/mol. The lowest BCUT2D eigenvalue weighted by Crippen LogP contribution is -2.39. The Balaban J connectivity index is 1.36. The van der Waals surface area contributed by atoms with Gasteiger partial charge < -0.3 is 25.0 Å². The highest BCUT2D eigenvalue weighted by molar-refractivity contribution is 6.30. The molecule has 7 nitrogen and oxygen atoms in total. The minimum Gasteiger partial charge on any atom is -0.493 e. The molecule has 1 aliphatic rings. The Morgan fingerprint density at radius 3 is 2.37 bits per heavy atom. The van der Waals surface area contributed by atoms with Crippen LogP contribution in [0.1, 0.15) is 18.4 Å². The minimum absolute atomic E-state index is 0.240. The maximum Gasteiger partial charge on any atom is 0.410 e. The first kappa shape index (κ1) is 21.8. The summed E-state index contributed by atoms with van der Waals surface area (Å²) in [5.41, 5.74) is 1.61. The highest BCUT2D eigenvalue weighted by atomic mass is 35.5. The normalized spacial score (nSPS) is 14.1. The fourth-order valence-corrected chi connectivity index (χ4v) is 3.27. The Morgan fingerprint density at radius 2 is 1.73 bits per heavy atom. The van der Waals surface area contributed by atoms with E-state index >= 15 is 0 Å². The van der Waals surface area contributed by atoms with Crippen molar-refractivity contribution in [1.29, 1.82) is 0 Å². The van der Waals surface area contributed by atoms with E-state index in [1.54, 1.807) is 36.2 Å². The summed E-state index contributed by atoms with van der Waals surface area (Å²) in [6, 6.07) is 14.2. The van der Waals surface area contributed by atoms with Gasteiger partial charge >= 0.3 is 12.1 Å². The largest absolute Gasteiger partial charge is 0.493 e. The predicted octanol–water partition coefficient (Wildman–Crippen LogP) is 4.52. The Labute approximate surface area is 181 Å². The van der Waals surface area contributed by atoms with Crippen molar-refractivity contribution in [2.24, 2.45) is 5.92 Å². The molecular formula is C22H26ClN3O4. The van der Waals surface area contributed by atoms with E-state index in [-0.39, 0.29) is 18.7 Å². The molecule has 2 aromatic rings. The lowest BCUT2D eigenvalue weighted by Gasteiger charge is -2.31. The zero-order valence-electron chi connectivity index (χ0n) is 16.9. The van der Waals surface area contributed by atoms with Gasteiger partial charge in [-0.05, 0) is 60.7 Å². The van der Waals surface area contributed by atoms with E-state index in [4.69, 9.17) is 21.1 Å². The fraction of sp³-hybridized carbons (Fsp3) is 0.364. The number of piperidine rings is 1. The van der Waals surface area contributed by atoms with Crippen LogP contribution in [0.3, 0.4) is 0 Å². The van der Waals surface area contributed by atoms with Crippen LogP contribution < -0.4 is 15.4 Å². The SMILES string of the molecule is CNC(=O)Nc1ccc(OCC2CCN(C(=O)OCc3ccc(Cl)cc3)CC2)cc1. The molecule has 0 bridgehead atoms. The number of carbonyl (C=O) groups is 2. The van der Waals surface area contributed by atoms with Crippen LogP contribution >= 0.6 is 11.6 Å². The summed E-state index contributed by atoms with van der Waals surface area (Å²) < 4.78 is 11.3. The van der Waals surface area contributed by atoms with Gasteiger partial charge in [0.25, 0.3) is 0 Å². The number of halogens is 1. The van der Waals surface area contributed by atoms with Gasteiger partial charge in [-0.3, -0.25) is 0 Å². The van der Waals surface area contributed by atoms with Gasteiger partial charge in [-0.2, -0.15) is 0 Å². The molecule has 0 saturated carbocycles. The molecule has 0 unspecified atom stereocenters. The Hall–Kier alpha value is -2.93. The second-order valence-corrected chi connectivity index (χ2v) is 7.59. The number of benzene rings is 2. The number of hydrogen-bond donors (Lipinski definition) is 2. The molecule has 2 N–H and O–H groups in total. The topological polar surface area (TPSA) is 79.9 Å². The zero-order chi connectivity index (χ0) is 21.3. The van der Waals surface area contributed by atoms with Crippen molar-refractivity contribution in [2.45, 2.75) is 19.4 Å². The monoisotopic (exact) mass is 431 g/mol. The lowest BCUT2D eigenvalue weighted by molar-refractivity contribution is 0.0761. The molecule has 1 heterocycles. The summed E-state index contributed by atoms with van der Waals surface area (Å²) in [7, 11) is 1.57. The smallest absolute Gasteiger partial charge is 0.410 e. The molecule has 0 aromatic heterocycles. The van der Waals surface area contributed by atoms with Crippen molar-refractivity contribution in [3.63, 3.8) is 0 Å².